The molecule has 4 nitrogen and oxygen atoms in total. The fourth-order valence-electron chi connectivity index (χ4n) is 2.79. The molecule has 1 saturated heterocycles. The van der Waals surface area contributed by atoms with Gasteiger partial charge in [-0.05, 0) is 12.8 Å². The number of carbonyl (C=O) groups excluding carboxylic acids is 1. The molecule has 0 bridgehead atoms. The van der Waals surface area contributed by atoms with Crippen LogP contribution < -0.4 is 0 Å². The van der Waals surface area contributed by atoms with Gasteiger partial charge in [0.2, 0.25) is 0 Å². The normalized spacial score (nSPS) is 32.4. The monoisotopic (exact) mass is 241 g/mol. The second-order valence-corrected chi connectivity index (χ2v) is 5.20. The van der Waals surface area contributed by atoms with Crippen molar-refractivity contribution >= 4 is 5.78 Å². The molecule has 1 aliphatic carbocycles. The summed E-state index contributed by atoms with van der Waals surface area (Å²) < 4.78 is 5.42. The molecule has 0 radical (unpaired) electrons. The van der Waals surface area contributed by atoms with Crippen LogP contribution in [0.15, 0.2) is 0 Å². The Kier molecular flexibility index (Phi) is 4.95. The number of ether oxygens (including phenoxy) is 1. The fourth-order valence-corrected chi connectivity index (χ4v) is 2.79. The maximum Gasteiger partial charge on any atom is 0.137 e. The van der Waals surface area contributed by atoms with Crippen LogP contribution in [0, 0.1) is 5.92 Å². The van der Waals surface area contributed by atoms with Gasteiger partial charge in [0.1, 0.15) is 5.78 Å². The lowest BCUT2D eigenvalue weighted by molar-refractivity contribution is -0.124. The predicted octanol–water partition coefficient (Wildman–Crippen LogP) is 0.829. The fraction of sp³-hybridized carbons (Fsp3) is 0.923. The predicted molar refractivity (Wildman–Crippen MR) is 64.8 cm³/mol. The first-order valence-electron chi connectivity index (χ1n) is 6.77. The van der Waals surface area contributed by atoms with E-state index in [1.165, 1.54) is 12.8 Å². The summed E-state index contributed by atoms with van der Waals surface area (Å²) in [4.78, 5) is 14.2. The van der Waals surface area contributed by atoms with Crippen LogP contribution in [0.1, 0.15) is 32.1 Å². The van der Waals surface area contributed by atoms with Crippen LogP contribution in [0.2, 0.25) is 0 Å². The van der Waals surface area contributed by atoms with E-state index in [0.717, 1.165) is 38.9 Å². The molecule has 2 aliphatic rings. The van der Waals surface area contributed by atoms with Gasteiger partial charge < -0.3 is 9.84 Å². The van der Waals surface area contributed by atoms with Gasteiger partial charge in [-0.15, -0.1) is 0 Å². The summed E-state index contributed by atoms with van der Waals surface area (Å²) >= 11 is 0. The van der Waals surface area contributed by atoms with E-state index >= 15 is 0 Å². The van der Waals surface area contributed by atoms with Gasteiger partial charge >= 0.3 is 0 Å². The second kappa shape index (κ2) is 6.47. The quantitative estimate of drug-likeness (QED) is 0.744. The van der Waals surface area contributed by atoms with Crippen LogP contribution >= 0.6 is 0 Å². The van der Waals surface area contributed by atoms with E-state index in [2.05, 4.69) is 4.90 Å². The number of hydrogen-bond donors (Lipinski definition) is 1. The average molecular weight is 241 g/mol. The van der Waals surface area contributed by atoms with Crippen molar-refractivity contribution in [2.45, 2.75) is 38.2 Å². The number of hydrogen-bond acceptors (Lipinski definition) is 4. The van der Waals surface area contributed by atoms with Crippen molar-refractivity contribution in [1.82, 2.24) is 4.90 Å². The Bertz CT molecular complexity index is 257. The van der Waals surface area contributed by atoms with Crippen molar-refractivity contribution in [1.29, 1.82) is 0 Å². The van der Waals surface area contributed by atoms with Gasteiger partial charge in [-0.1, -0.05) is 12.8 Å². The maximum absolute atomic E-state index is 11.9. The second-order valence-electron chi connectivity index (χ2n) is 5.20. The van der Waals surface area contributed by atoms with E-state index in [9.17, 15) is 4.79 Å². The lowest BCUT2D eigenvalue weighted by Gasteiger charge is -2.33. The molecule has 1 heterocycles. The number of ketones is 1. The van der Waals surface area contributed by atoms with Crippen LogP contribution in [-0.2, 0) is 9.53 Å². The Balaban J connectivity index is 1.83. The van der Waals surface area contributed by atoms with Crippen molar-refractivity contribution in [3.8, 4) is 0 Å². The molecule has 1 saturated carbocycles. The van der Waals surface area contributed by atoms with Gasteiger partial charge in [-0.3, -0.25) is 9.69 Å². The Morgan fingerprint density at radius 3 is 3.06 bits per heavy atom. The van der Waals surface area contributed by atoms with Crippen molar-refractivity contribution in [2.24, 2.45) is 5.92 Å². The third kappa shape index (κ3) is 3.76. The molecule has 0 amide bonds. The van der Waals surface area contributed by atoms with Crippen LogP contribution in [0.4, 0.5) is 0 Å². The van der Waals surface area contributed by atoms with Crippen LogP contribution in [0.3, 0.4) is 0 Å². The van der Waals surface area contributed by atoms with Gasteiger partial charge in [-0.2, -0.15) is 0 Å². The summed E-state index contributed by atoms with van der Waals surface area (Å²) in [7, 11) is 0. The molecule has 2 fully saturated rings. The lowest BCUT2D eigenvalue weighted by Crippen LogP contribution is -2.46. The summed E-state index contributed by atoms with van der Waals surface area (Å²) in [6.45, 7) is 3.26. The number of morpholine rings is 1. The van der Waals surface area contributed by atoms with Gasteiger partial charge in [0.05, 0.1) is 19.3 Å². The van der Waals surface area contributed by atoms with E-state index in [1.54, 1.807) is 0 Å². The molecule has 2 atom stereocenters. The molecule has 2 unspecified atom stereocenters. The molecule has 17 heavy (non-hydrogen) atoms. The molecule has 2 rings (SSSR count). The number of rotatable bonds is 3. The largest absolute Gasteiger partial charge is 0.394 e. The highest BCUT2D eigenvalue weighted by Crippen LogP contribution is 2.21. The van der Waals surface area contributed by atoms with Crippen molar-refractivity contribution in [3.63, 3.8) is 0 Å². The molecule has 0 aromatic carbocycles. The minimum Gasteiger partial charge on any atom is -0.394 e. The van der Waals surface area contributed by atoms with Crippen molar-refractivity contribution in [3.05, 3.63) is 0 Å². The first-order valence-corrected chi connectivity index (χ1v) is 6.77. The first kappa shape index (κ1) is 13.0. The molecule has 4 heteroatoms. The minimum absolute atomic E-state index is 0.0652. The third-order valence-electron chi connectivity index (χ3n) is 3.84. The van der Waals surface area contributed by atoms with Crippen LogP contribution in [0.25, 0.3) is 0 Å². The van der Waals surface area contributed by atoms with E-state index in [-0.39, 0.29) is 18.6 Å². The van der Waals surface area contributed by atoms with E-state index in [4.69, 9.17) is 9.84 Å². The zero-order valence-electron chi connectivity index (χ0n) is 10.4. The maximum atomic E-state index is 11.9. The molecule has 1 aliphatic heterocycles. The number of aliphatic hydroxyl groups excluding tert-OH is 1. The highest BCUT2D eigenvalue weighted by atomic mass is 16.5. The number of carbonyl (C=O) groups is 1. The highest BCUT2D eigenvalue weighted by molar-refractivity contribution is 5.81. The number of nitrogens with zero attached hydrogens (tertiary/aromatic N) is 1. The zero-order valence-corrected chi connectivity index (χ0v) is 10.4. The average Bonchev–Trinajstić information content (AvgIpc) is 2.55. The minimum atomic E-state index is -0.0652. The van der Waals surface area contributed by atoms with Gasteiger partial charge in [0, 0.05) is 32.0 Å². The Labute approximate surface area is 103 Å². The topological polar surface area (TPSA) is 49.8 Å². The smallest absolute Gasteiger partial charge is 0.137 e. The van der Waals surface area contributed by atoms with Crippen molar-refractivity contribution < 1.29 is 14.6 Å². The lowest BCUT2D eigenvalue weighted by atomic mass is 9.98. The molecule has 0 aromatic rings. The highest BCUT2D eigenvalue weighted by Gasteiger charge is 2.26. The third-order valence-corrected chi connectivity index (χ3v) is 3.84. The summed E-state index contributed by atoms with van der Waals surface area (Å²) in [5, 5.41) is 9.09. The molecule has 0 spiro atoms. The summed E-state index contributed by atoms with van der Waals surface area (Å²) in [5.41, 5.74) is 0. The van der Waals surface area contributed by atoms with E-state index < -0.39 is 0 Å². The number of aliphatic hydroxyl groups is 1. The SMILES string of the molecule is O=C1CCCCCC1CN1CCOC(CO)C1. The molecule has 1 N–H and O–H groups in total. The Hall–Kier alpha value is -0.450. The van der Waals surface area contributed by atoms with Crippen molar-refractivity contribution in [2.75, 3.05) is 32.8 Å². The Morgan fingerprint density at radius 1 is 1.35 bits per heavy atom. The van der Waals surface area contributed by atoms with Gasteiger partial charge in [0.25, 0.3) is 0 Å². The summed E-state index contributed by atoms with van der Waals surface area (Å²) in [5.74, 6) is 0.657. The van der Waals surface area contributed by atoms with Crippen LogP contribution in [-0.4, -0.2) is 54.7 Å². The first-order chi connectivity index (χ1) is 8.29. The van der Waals surface area contributed by atoms with Gasteiger partial charge in [-0.25, -0.2) is 0 Å². The van der Waals surface area contributed by atoms with Crippen LogP contribution in [0.5, 0.6) is 0 Å². The molecule has 98 valence electrons. The molecule has 0 aromatic heterocycles. The summed E-state index contributed by atoms with van der Waals surface area (Å²) in [6.07, 6.45) is 5.19. The van der Waals surface area contributed by atoms with E-state index in [1.807, 2.05) is 0 Å². The molecular weight excluding hydrogens is 218 g/mol. The van der Waals surface area contributed by atoms with E-state index in [0.29, 0.717) is 12.4 Å². The number of Topliss-reactive ketones (excluding diaryl/α,β-unsaturated/α-hetero) is 1. The molecular formula is C13H23NO3. The Morgan fingerprint density at radius 2 is 2.24 bits per heavy atom. The summed E-state index contributed by atoms with van der Waals surface area (Å²) in [6, 6.07) is 0. The van der Waals surface area contributed by atoms with Gasteiger partial charge in [0.15, 0.2) is 0 Å². The standard InChI is InChI=1S/C13H23NO3/c15-10-12-9-14(6-7-17-12)8-11-4-2-1-3-5-13(11)16/h11-12,15H,1-10H2. The zero-order chi connectivity index (χ0) is 12.1.